The van der Waals surface area contributed by atoms with E-state index in [1.165, 1.54) is 11.6 Å². The number of aromatic hydroxyl groups is 1. The number of phenolic OH excluding ortho intramolecular Hbond substituents is 1. The number of phenols is 1. The summed E-state index contributed by atoms with van der Waals surface area (Å²) in [5.41, 5.74) is 3.28. The lowest BCUT2D eigenvalue weighted by Gasteiger charge is -2.39. The van der Waals surface area contributed by atoms with Gasteiger partial charge in [0.2, 0.25) is 0 Å². The third kappa shape index (κ3) is 2.99. The molecule has 5 rings (SSSR count). The van der Waals surface area contributed by atoms with Crippen molar-refractivity contribution < 1.29 is 9.84 Å². The number of ether oxygens (including phenoxy) is 1. The molecule has 3 heterocycles. The molecule has 1 aliphatic heterocycles. The van der Waals surface area contributed by atoms with Gasteiger partial charge in [0.15, 0.2) is 0 Å². The van der Waals surface area contributed by atoms with Crippen molar-refractivity contribution in [3.63, 3.8) is 0 Å². The first-order valence-electron chi connectivity index (χ1n) is 10.9. The third-order valence-electron chi connectivity index (χ3n) is 6.58. The lowest BCUT2D eigenvalue weighted by Crippen LogP contribution is -2.40. The zero-order chi connectivity index (χ0) is 23.7. The molecule has 0 saturated heterocycles. The van der Waals surface area contributed by atoms with Crippen LogP contribution in [0.25, 0.3) is 22.2 Å². The SMILES string of the molecule is Cc1cccc(-c2c3c(=O)n(C)c(=O)n(C)c3c3n2C(C)(C)CO[C@@H]3c2ccccc2O)c1. The largest absolute Gasteiger partial charge is 0.508 e. The Kier molecular flexibility index (Phi) is 4.65. The molecule has 4 aromatic rings. The fourth-order valence-corrected chi connectivity index (χ4v) is 5.01. The van der Waals surface area contributed by atoms with E-state index in [9.17, 15) is 14.7 Å². The zero-order valence-corrected chi connectivity index (χ0v) is 19.4. The van der Waals surface area contributed by atoms with Crippen molar-refractivity contribution in [1.82, 2.24) is 13.7 Å². The lowest BCUT2D eigenvalue weighted by molar-refractivity contribution is -0.00798. The zero-order valence-electron chi connectivity index (χ0n) is 19.4. The summed E-state index contributed by atoms with van der Waals surface area (Å²) in [5, 5.41) is 11.1. The number of aromatic nitrogens is 3. The minimum absolute atomic E-state index is 0.106. The molecule has 0 radical (unpaired) electrons. The van der Waals surface area contributed by atoms with Crippen LogP contribution in [0.4, 0.5) is 0 Å². The van der Waals surface area contributed by atoms with Crippen LogP contribution in [0.5, 0.6) is 5.75 Å². The molecule has 1 N–H and O–H groups in total. The van der Waals surface area contributed by atoms with Crippen molar-refractivity contribution in [2.75, 3.05) is 6.61 Å². The summed E-state index contributed by atoms with van der Waals surface area (Å²) in [5.74, 6) is 0.106. The number of para-hydroxylation sites is 1. The summed E-state index contributed by atoms with van der Waals surface area (Å²) in [6.07, 6.45) is -0.641. The van der Waals surface area contributed by atoms with Crippen LogP contribution in [-0.4, -0.2) is 25.4 Å². The van der Waals surface area contributed by atoms with E-state index >= 15 is 0 Å². The summed E-state index contributed by atoms with van der Waals surface area (Å²) < 4.78 is 11.1. The Morgan fingerprint density at radius 2 is 1.76 bits per heavy atom. The molecule has 0 fully saturated rings. The second kappa shape index (κ2) is 7.22. The summed E-state index contributed by atoms with van der Waals surface area (Å²) in [4.78, 5) is 26.6. The number of aryl methyl sites for hydroxylation is 2. The van der Waals surface area contributed by atoms with Gasteiger partial charge in [-0.25, -0.2) is 4.79 Å². The highest BCUT2D eigenvalue weighted by atomic mass is 16.5. The van der Waals surface area contributed by atoms with Crippen molar-refractivity contribution in [2.45, 2.75) is 32.4 Å². The van der Waals surface area contributed by atoms with E-state index in [0.29, 0.717) is 28.8 Å². The second-order valence-electron chi connectivity index (χ2n) is 9.43. The predicted molar refractivity (Wildman–Crippen MR) is 128 cm³/mol. The lowest BCUT2D eigenvalue weighted by atomic mass is 9.97. The van der Waals surface area contributed by atoms with Crippen molar-refractivity contribution in [1.29, 1.82) is 0 Å². The number of rotatable bonds is 2. The topological polar surface area (TPSA) is 78.4 Å². The standard InChI is InChI=1S/C26H27N3O4/c1-15-9-8-10-16(13-15)20-19-21(27(4)25(32)28(5)24(19)31)22-23(17-11-6-7-12-18(17)30)33-14-26(2,3)29(20)22/h6-13,23,30H,14H2,1-5H3/t23-/m1/s1. The Morgan fingerprint density at radius 3 is 2.45 bits per heavy atom. The molecule has 1 aliphatic rings. The molecule has 2 aromatic carbocycles. The molecule has 0 aliphatic carbocycles. The van der Waals surface area contributed by atoms with Crippen molar-refractivity contribution >= 4 is 10.9 Å². The molecule has 7 heteroatoms. The van der Waals surface area contributed by atoms with Crippen LogP contribution in [0.1, 0.15) is 36.8 Å². The molecule has 0 bridgehead atoms. The highest BCUT2D eigenvalue weighted by Gasteiger charge is 2.41. The molecule has 0 saturated carbocycles. The fourth-order valence-electron chi connectivity index (χ4n) is 5.01. The monoisotopic (exact) mass is 445 g/mol. The first-order valence-corrected chi connectivity index (χ1v) is 10.9. The van der Waals surface area contributed by atoms with Gasteiger partial charge in [0, 0.05) is 19.7 Å². The van der Waals surface area contributed by atoms with Gasteiger partial charge >= 0.3 is 5.69 Å². The van der Waals surface area contributed by atoms with Gasteiger partial charge in [-0.3, -0.25) is 13.9 Å². The van der Waals surface area contributed by atoms with E-state index in [-0.39, 0.29) is 11.3 Å². The molecule has 0 unspecified atom stereocenters. The maximum atomic E-state index is 13.6. The molecule has 0 amide bonds. The van der Waals surface area contributed by atoms with E-state index in [4.69, 9.17) is 4.74 Å². The van der Waals surface area contributed by atoms with Gasteiger partial charge in [0.25, 0.3) is 5.56 Å². The molecule has 2 aromatic heterocycles. The van der Waals surface area contributed by atoms with E-state index in [1.807, 2.05) is 43.3 Å². The third-order valence-corrected chi connectivity index (χ3v) is 6.58. The highest BCUT2D eigenvalue weighted by molar-refractivity contribution is 5.97. The predicted octanol–water partition coefficient (Wildman–Crippen LogP) is 3.57. The van der Waals surface area contributed by atoms with Crippen LogP contribution >= 0.6 is 0 Å². The molecule has 33 heavy (non-hydrogen) atoms. The highest BCUT2D eigenvalue weighted by Crippen LogP contribution is 2.46. The van der Waals surface area contributed by atoms with Crippen molar-refractivity contribution in [2.24, 2.45) is 14.1 Å². The average molecular weight is 446 g/mol. The summed E-state index contributed by atoms with van der Waals surface area (Å²) in [6, 6.07) is 15.0. The van der Waals surface area contributed by atoms with Gasteiger partial charge in [-0.15, -0.1) is 0 Å². The molecule has 0 spiro atoms. The Labute approximate surface area is 191 Å². The van der Waals surface area contributed by atoms with Crippen LogP contribution in [0, 0.1) is 6.92 Å². The van der Waals surface area contributed by atoms with Gasteiger partial charge in [-0.2, -0.15) is 0 Å². The number of nitrogens with zero attached hydrogens (tertiary/aromatic N) is 3. The van der Waals surface area contributed by atoms with Crippen LogP contribution in [0.15, 0.2) is 58.1 Å². The Hall–Kier alpha value is -3.58. The quantitative estimate of drug-likeness (QED) is 0.512. The van der Waals surface area contributed by atoms with E-state index in [1.54, 1.807) is 19.2 Å². The van der Waals surface area contributed by atoms with E-state index in [2.05, 4.69) is 18.4 Å². The van der Waals surface area contributed by atoms with Gasteiger partial charge in [0.05, 0.1) is 34.4 Å². The summed E-state index contributed by atoms with van der Waals surface area (Å²) >= 11 is 0. The summed E-state index contributed by atoms with van der Waals surface area (Å²) in [7, 11) is 3.18. The van der Waals surface area contributed by atoms with Crippen molar-refractivity contribution in [3.05, 3.63) is 86.2 Å². The van der Waals surface area contributed by atoms with E-state index in [0.717, 1.165) is 21.4 Å². The first-order chi connectivity index (χ1) is 15.6. The van der Waals surface area contributed by atoms with Crippen molar-refractivity contribution in [3.8, 4) is 17.0 Å². The number of benzene rings is 2. The fraction of sp³-hybridized carbons (Fsp3) is 0.308. The van der Waals surface area contributed by atoms with Gasteiger partial charge < -0.3 is 14.4 Å². The Morgan fingerprint density at radius 1 is 1.03 bits per heavy atom. The number of hydrogen-bond acceptors (Lipinski definition) is 4. The van der Waals surface area contributed by atoms with Crippen LogP contribution in [0.3, 0.4) is 0 Å². The number of hydrogen-bond donors (Lipinski definition) is 1. The smallest absolute Gasteiger partial charge is 0.331 e. The van der Waals surface area contributed by atoms with Gasteiger partial charge in [-0.05, 0) is 38.5 Å². The van der Waals surface area contributed by atoms with Gasteiger partial charge in [0.1, 0.15) is 11.9 Å². The maximum absolute atomic E-state index is 13.6. The molecular weight excluding hydrogens is 418 g/mol. The minimum Gasteiger partial charge on any atom is -0.508 e. The minimum atomic E-state index is -0.641. The molecular formula is C26H27N3O4. The number of fused-ring (bicyclic) bond motifs is 3. The Bertz CT molecular complexity index is 1540. The van der Waals surface area contributed by atoms with Gasteiger partial charge in [-0.1, -0.05) is 42.0 Å². The second-order valence-corrected chi connectivity index (χ2v) is 9.43. The molecule has 1 atom stereocenters. The first kappa shape index (κ1) is 21.3. The van der Waals surface area contributed by atoms with Crippen LogP contribution in [0.2, 0.25) is 0 Å². The Balaban J connectivity index is 2.04. The maximum Gasteiger partial charge on any atom is 0.331 e. The van der Waals surface area contributed by atoms with Crippen LogP contribution in [-0.2, 0) is 24.4 Å². The normalized spacial score (nSPS) is 17.3. The van der Waals surface area contributed by atoms with Crippen LogP contribution < -0.4 is 11.2 Å². The average Bonchev–Trinajstić information content (AvgIpc) is 3.15. The molecule has 7 nitrogen and oxygen atoms in total. The summed E-state index contributed by atoms with van der Waals surface area (Å²) in [6.45, 7) is 6.49. The molecule has 170 valence electrons. The van der Waals surface area contributed by atoms with E-state index < -0.39 is 17.3 Å².